The van der Waals surface area contributed by atoms with Crippen LogP contribution in [0.3, 0.4) is 0 Å². The van der Waals surface area contributed by atoms with E-state index in [0.717, 1.165) is 52.0 Å². The number of carbonyl (C=O) groups excluding carboxylic acids is 1. The van der Waals surface area contributed by atoms with Crippen molar-refractivity contribution in [3.05, 3.63) is 69.3 Å². The Morgan fingerprint density at radius 1 is 1.09 bits per heavy atom. The molecule has 0 radical (unpaired) electrons. The highest BCUT2D eigenvalue weighted by Gasteiger charge is 2.25. The quantitative estimate of drug-likeness (QED) is 0.568. The van der Waals surface area contributed by atoms with Gasteiger partial charge in [-0.1, -0.05) is 23.7 Å². The minimum Gasteiger partial charge on any atom is -0.354 e. The Balaban J connectivity index is 1.48. The molecule has 1 aliphatic heterocycles. The van der Waals surface area contributed by atoms with E-state index in [1.807, 2.05) is 52.0 Å². The number of aromatic nitrogens is 4. The second kappa shape index (κ2) is 10.0. The van der Waals surface area contributed by atoms with Crippen molar-refractivity contribution in [3.63, 3.8) is 0 Å². The van der Waals surface area contributed by atoms with Crippen LogP contribution in [0.4, 0.5) is 0 Å². The van der Waals surface area contributed by atoms with Crippen LogP contribution in [0, 0.1) is 27.7 Å². The van der Waals surface area contributed by atoms with Gasteiger partial charge < -0.3 is 5.32 Å². The third-order valence-electron chi connectivity index (χ3n) is 6.25. The Kier molecular flexibility index (Phi) is 7.10. The average molecular weight is 467 g/mol. The van der Waals surface area contributed by atoms with Gasteiger partial charge in [0.15, 0.2) is 0 Å². The first-order valence-electron chi connectivity index (χ1n) is 11.5. The molecule has 3 aromatic rings. The van der Waals surface area contributed by atoms with Crippen LogP contribution in [0.5, 0.6) is 0 Å². The van der Waals surface area contributed by atoms with Crippen molar-refractivity contribution in [2.45, 2.75) is 53.0 Å². The van der Waals surface area contributed by atoms with Gasteiger partial charge in [0.2, 0.25) is 5.91 Å². The second-order valence-electron chi connectivity index (χ2n) is 8.81. The first kappa shape index (κ1) is 23.4. The highest BCUT2D eigenvalue weighted by Crippen LogP contribution is 2.26. The van der Waals surface area contributed by atoms with Gasteiger partial charge in [0.1, 0.15) is 0 Å². The molecule has 4 rings (SSSR count). The van der Waals surface area contributed by atoms with Crippen LogP contribution in [0.25, 0.3) is 5.95 Å². The zero-order valence-electron chi connectivity index (χ0n) is 19.7. The molecule has 0 bridgehead atoms. The lowest BCUT2D eigenvalue weighted by Gasteiger charge is -2.28. The van der Waals surface area contributed by atoms with Crippen LogP contribution >= 0.6 is 11.6 Å². The summed E-state index contributed by atoms with van der Waals surface area (Å²) >= 11 is 6.25. The molecule has 1 atom stereocenters. The van der Waals surface area contributed by atoms with E-state index in [-0.39, 0.29) is 18.4 Å². The summed E-state index contributed by atoms with van der Waals surface area (Å²) < 4.78 is 1.73. The monoisotopic (exact) mass is 466 g/mol. The van der Waals surface area contributed by atoms with Crippen LogP contribution in [0.15, 0.2) is 30.3 Å². The summed E-state index contributed by atoms with van der Waals surface area (Å²) in [4.78, 5) is 24.4. The Hall–Kier alpha value is -2.77. The smallest absolute Gasteiger partial charge is 0.251 e. The lowest BCUT2D eigenvalue weighted by atomic mass is 10.0. The minimum absolute atomic E-state index is 0.0201. The van der Waals surface area contributed by atoms with Crippen molar-refractivity contribution < 1.29 is 4.79 Å². The number of nitrogens with zero attached hydrogens (tertiary/aromatic N) is 5. The molecule has 2 aromatic heterocycles. The van der Waals surface area contributed by atoms with E-state index in [1.165, 1.54) is 12.8 Å². The van der Waals surface area contributed by atoms with Gasteiger partial charge in [0.05, 0.1) is 18.2 Å². The molecule has 3 heterocycles. The van der Waals surface area contributed by atoms with Gasteiger partial charge in [-0.05, 0) is 77.4 Å². The Morgan fingerprint density at radius 3 is 2.45 bits per heavy atom. The van der Waals surface area contributed by atoms with Crippen LogP contribution in [0.1, 0.15) is 52.8 Å². The number of amides is 1. The molecule has 1 aliphatic rings. The highest BCUT2D eigenvalue weighted by molar-refractivity contribution is 6.30. The third-order valence-corrected chi connectivity index (χ3v) is 6.48. The van der Waals surface area contributed by atoms with Crippen molar-refractivity contribution in [2.24, 2.45) is 0 Å². The minimum atomic E-state index is -0.0201. The van der Waals surface area contributed by atoms with E-state index < -0.39 is 0 Å². The van der Waals surface area contributed by atoms with Crippen LogP contribution in [0.2, 0.25) is 5.02 Å². The number of halogens is 1. The summed E-state index contributed by atoms with van der Waals surface area (Å²) in [6, 6.07) is 9.98. The molecule has 1 aromatic carbocycles. The molecule has 0 spiro atoms. The molecule has 0 aliphatic carbocycles. The van der Waals surface area contributed by atoms with Gasteiger partial charge >= 0.3 is 0 Å². The standard InChI is InChI=1S/C25H31ClN6O/c1-16-12-17(2)29-25(28-16)32-19(4)22(18(3)30-32)14-24(33)27-15-23(31-10-5-6-11-31)20-8-7-9-21(26)13-20/h7-9,12-13,23H,5-6,10-11,14-15H2,1-4H3,(H,27,33). The van der Waals surface area contributed by atoms with Crippen LogP contribution < -0.4 is 5.32 Å². The van der Waals surface area contributed by atoms with Crippen molar-refractivity contribution >= 4 is 17.5 Å². The SMILES string of the molecule is Cc1cc(C)nc(-n2nc(C)c(CC(=O)NCC(c3cccc(Cl)c3)N3CCCC3)c2C)n1. The maximum atomic E-state index is 13.0. The van der Waals surface area contributed by atoms with Gasteiger partial charge in [-0.3, -0.25) is 9.69 Å². The maximum Gasteiger partial charge on any atom is 0.251 e. The summed E-state index contributed by atoms with van der Waals surface area (Å²) in [6.07, 6.45) is 2.64. The van der Waals surface area contributed by atoms with E-state index in [9.17, 15) is 4.79 Å². The number of hydrogen-bond acceptors (Lipinski definition) is 5. The van der Waals surface area contributed by atoms with Gasteiger partial charge in [-0.25, -0.2) is 14.6 Å². The van der Waals surface area contributed by atoms with Gasteiger partial charge in [-0.15, -0.1) is 0 Å². The summed E-state index contributed by atoms with van der Waals surface area (Å²) in [6.45, 7) is 10.4. The summed E-state index contributed by atoms with van der Waals surface area (Å²) in [5.41, 5.74) is 5.53. The van der Waals surface area contributed by atoms with Gasteiger partial charge in [0, 0.05) is 34.2 Å². The molecule has 174 valence electrons. The number of nitrogens with one attached hydrogen (secondary N) is 1. The zero-order valence-corrected chi connectivity index (χ0v) is 20.5. The topological polar surface area (TPSA) is 75.9 Å². The van der Waals surface area contributed by atoms with E-state index in [2.05, 4.69) is 31.3 Å². The Morgan fingerprint density at radius 2 is 1.79 bits per heavy atom. The number of likely N-dealkylation sites (tertiary alicyclic amines) is 1. The fourth-order valence-corrected chi connectivity index (χ4v) is 4.78. The van der Waals surface area contributed by atoms with Crippen molar-refractivity contribution in [2.75, 3.05) is 19.6 Å². The van der Waals surface area contributed by atoms with E-state index in [4.69, 9.17) is 11.6 Å². The number of rotatable bonds is 7. The first-order valence-corrected chi connectivity index (χ1v) is 11.8. The van der Waals surface area contributed by atoms with Crippen molar-refractivity contribution in [1.82, 2.24) is 30.0 Å². The molecule has 1 fully saturated rings. The molecule has 0 saturated carbocycles. The summed E-state index contributed by atoms with van der Waals surface area (Å²) in [5, 5.41) is 8.49. The molecular formula is C25H31ClN6O. The predicted octanol–water partition coefficient (Wildman–Crippen LogP) is 4.05. The Labute approximate surface area is 200 Å². The average Bonchev–Trinajstić information content (AvgIpc) is 3.38. The molecule has 1 unspecified atom stereocenters. The van der Waals surface area contributed by atoms with Crippen molar-refractivity contribution in [1.29, 1.82) is 0 Å². The van der Waals surface area contributed by atoms with Crippen LogP contribution in [-0.2, 0) is 11.2 Å². The normalized spacial score (nSPS) is 15.1. The van der Waals surface area contributed by atoms with Gasteiger partial charge in [0.25, 0.3) is 5.95 Å². The summed E-state index contributed by atoms with van der Waals surface area (Å²) in [7, 11) is 0. The number of hydrogen-bond donors (Lipinski definition) is 1. The molecule has 7 nitrogen and oxygen atoms in total. The number of aryl methyl sites for hydroxylation is 3. The van der Waals surface area contributed by atoms with E-state index in [1.54, 1.807) is 4.68 Å². The summed E-state index contributed by atoms with van der Waals surface area (Å²) in [5.74, 6) is 0.517. The van der Waals surface area contributed by atoms with E-state index >= 15 is 0 Å². The lowest BCUT2D eigenvalue weighted by Crippen LogP contribution is -2.37. The van der Waals surface area contributed by atoms with Crippen molar-refractivity contribution in [3.8, 4) is 5.95 Å². The molecule has 1 amide bonds. The maximum absolute atomic E-state index is 13.0. The van der Waals surface area contributed by atoms with Gasteiger partial charge in [-0.2, -0.15) is 5.10 Å². The molecule has 1 N–H and O–H groups in total. The molecule has 1 saturated heterocycles. The fraction of sp³-hybridized carbons (Fsp3) is 0.440. The van der Waals surface area contributed by atoms with E-state index in [0.29, 0.717) is 12.5 Å². The third kappa shape index (κ3) is 5.42. The number of carbonyl (C=O) groups is 1. The Bertz CT molecular complexity index is 1130. The first-order chi connectivity index (χ1) is 15.8. The second-order valence-corrected chi connectivity index (χ2v) is 9.24. The molecular weight excluding hydrogens is 436 g/mol. The molecule has 33 heavy (non-hydrogen) atoms. The highest BCUT2D eigenvalue weighted by atomic mass is 35.5. The lowest BCUT2D eigenvalue weighted by molar-refractivity contribution is -0.120. The predicted molar refractivity (Wildman–Crippen MR) is 130 cm³/mol. The zero-order chi connectivity index (χ0) is 23.5. The fourth-order valence-electron chi connectivity index (χ4n) is 4.59. The largest absolute Gasteiger partial charge is 0.354 e. The van der Waals surface area contributed by atoms with Crippen LogP contribution in [-0.4, -0.2) is 50.2 Å². The number of benzene rings is 1. The molecule has 8 heteroatoms.